The maximum atomic E-state index is 12.4. The lowest BCUT2D eigenvalue weighted by Crippen LogP contribution is -2.41. The number of hydrogen-bond acceptors (Lipinski definition) is 4. The molecule has 1 aliphatic rings. The van der Waals surface area contributed by atoms with Gasteiger partial charge in [-0.25, -0.2) is 0 Å². The summed E-state index contributed by atoms with van der Waals surface area (Å²) in [4.78, 5) is 27.5. The molecule has 0 radical (unpaired) electrons. The van der Waals surface area contributed by atoms with E-state index in [1.165, 1.54) is 0 Å². The molecule has 114 valence electrons. The lowest BCUT2D eigenvalue weighted by molar-refractivity contribution is -0.145. The van der Waals surface area contributed by atoms with Gasteiger partial charge in [0.15, 0.2) is 0 Å². The summed E-state index contributed by atoms with van der Waals surface area (Å²) in [6.07, 6.45) is 5.30. The third-order valence-electron chi connectivity index (χ3n) is 3.45. The van der Waals surface area contributed by atoms with E-state index in [0.29, 0.717) is 19.7 Å². The highest BCUT2D eigenvalue weighted by atomic mass is 16.5. The van der Waals surface area contributed by atoms with Crippen molar-refractivity contribution in [3.8, 4) is 0 Å². The van der Waals surface area contributed by atoms with E-state index in [1.54, 1.807) is 6.92 Å². The van der Waals surface area contributed by atoms with Crippen molar-refractivity contribution in [1.82, 2.24) is 9.80 Å². The van der Waals surface area contributed by atoms with Gasteiger partial charge >= 0.3 is 5.97 Å². The molecule has 0 fully saturated rings. The Morgan fingerprint density at radius 2 is 1.95 bits per heavy atom. The Morgan fingerprint density at radius 1 is 1.20 bits per heavy atom. The third kappa shape index (κ3) is 4.96. The standard InChI is InChI=1S/C15H26N2O3/c1-4-16(12-15(19)20-6-3)11-14(18)17(5-2)13-9-7-8-10-13/h9H,4-8,10-12H2,1-3H3. The first-order chi connectivity index (χ1) is 9.62. The van der Waals surface area contributed by atoms with Crippen LogP contribution < -0.4 is 0 Å². The Kier molecular flexibility index (Phi) is 7.30. The van der Waals surface area contributed by atoms with Crippen LogP contribution in [0.4, 0.5) is 0 Å². The second kappa shape index (κ2) is 8.74. The normalized spacial score (nSPS) is 14.3. The molecule has 0 bridgehead atoms. The highest BCUT2D eigenvalue weighted by Crippen LogP contribution is 2.21. The number of hydrogen-bond donors (Lipinski definition) is 0. The number of carbonyl (C=O) groups excluding carboxylic acids is 2. The fourth-order valence-electron chi connectivity index (χ4n) is 2.38. The van der Waals surface area contributed by atoms with Crippen LogP contribution >= 0.6 is 0 Å². The zero-order chi connectivity index (χ0) is 15.0. The fourth-order valence-corrected chi connectivity index (χ4v) is 2.38. The van der Waals surface area contributed by atoms with Crippen molar-refractivity contribution in [2.75, 3.05) is 32.8 Å². The molecule has 0 saturated carbocycles. The van der Waals surface area contributed by atoms with Gasteiger partial charge in [0.2, 0.25) is 5.91 Å². The average molecular weight is 282 g/mol. The molecule has 0 aromatic rings. The van der Waals surface area contributed by atoms with Crippen LogP contribution in [0.5, 0.6) is 0 Å². The minimum absolute atomic E-state index is 0.0619. The van der Waals surface area contributed by atoms with Crippen LogP contribution in [0, 0.1) is 0 Å². The first-order valence-electron chi connectivity index (χ1n) is 7.49. The first-order valence-corrected chi connectivity index (χ1v) is 7.49. The maximum absolute atomic E-state index is 12.4. The third-order valence-corrected chi connectivity index (χ3v) is 3.45. The predicted octanol–water partition coefficient (Wildman–Crippen LogP) is 1.79. The van der Waals surface area contributed by atoms with Crippen molar-refractivity contribution in [3.05, 3.63) is 11.8 Å². The van der Waals surface area contributed by atoms with E-state index in [4.69, 9.17) is 4.74 Å². The van der Waals surface area contributed by atoms with Gasteiger partial charge in [0.25, 0.3) is 0 Å². The summed E-state index contributed by atoms with van der Waals surface area (Å²) in [5.41, 5.74) is 1.13. The number of nitrogens with zero attached hydrogens (tertiary/aromatic N) is 2. The number of allylic oxidation sites excluding steroid dienone is 2. The van der Waals surface area contributed by atoms with Gasteiger partial charge in [-0.3, -0.25) is 14.5 Å². The fraction of sp³-hybridized carbons (Fsp3) is 0.733. The largest absolute Gasteiger partial charge is 0.465 e. The van der Waals surface area contributed by atoms with Gasteiger partial charge in [-0.2, -0.15) is 0 Å². The Labute approximate surface area is 121 Å². The highest BCUT2D eigenvalue weighted by molar-refractivity contribution is 5.81. The summed E-state index contributed by atoms with van der Waals surface area (Å²) in [5, 5.41) is 0. The van der Waals surface area contributed by atoms with Crippen molar-refractivity contribution in [2.45, 2.75) is 40.0 Å². The van der Waals surface area contributed by atoms with Crippen molar-refractivity contribution >= 4 is 11.9 Å². The van der Waals surface area contributed by atoms with E-state index in [-0.39, 0.29) is 25.0 Å². The molecular weight excluding hydrogens is 256 g/mol. The van der Waals surface area contributed by atoms with E-state index in [2.05, 4.69) is 6.08 Å². The molecular formula is C15H26N2O3. The minimum Gasteiger partial charge on any atom is -0.465 e. The van der Waals surface area contributed by atoms with Crippen molar-refractivity contribution in [2.24, 2.45) is 0 Å². The number of ether oxygens (including phenoxy) is 1. The SMILES string of the molecule is CCOC(=O)CN(CC)CC(=O)N(CC)C1=CCCC1. The van der Waals surface area contributed by atoms with Gasteiger partial charge in [-0.05, 0) is 39.7 Å². The summed E-state index contributed by atoms with van der Waals surface area (Å²) >= 11 is 0. The zero-order valence-corrected chi connectivity index (χ0v) is 12.9. The van der Waals surface area contributed by atoms with Crippen molar-refractivity contribution < 1.29 is 14.3 Å². The number of rotatable bonds is 8. The Morgan fingerprint density at radius 3 is 2.45 bits per heavy atom. The molecule has 0 atom stereocenters. The summed E-state index contributed by atoms with van der Waals surface area (Å²) in [5.74, 6) is -0.211. The van der Waals surface area contributed by atoms with E-state index in [1.807, 2.05) is 23.6 Å². The number of likely N-dealkylation sites (N-methyl/N-ethyl adjacent to an activating group) is 2. The Balaban J connectivity index is 2.54. The minimum atomic E-state index is -0.273. The van der Waals surface area contributed by atoms with Crippen LogP contribution in [0.1, 0.15) is 40.0 Å². The second-order valence-electron chi connectivity index (χ2n) is 4.83. The molecule has 0 aromatic carbocycles. The van der Waals surface area contributed by atoms with Gasteiger partial charge < -0.3 is 9.64 Å². The number of amides is 1. The molecule has 0 saturated heterocycles. The van der Waals surface area contributed by atoms with Crippen molar-refractivity contribution in [3.63, 3.8) is 0 Å². The highest BCUT2D eigenvalue weighted by Gasteiger charge is 2.21. The molecule has 0 N–H and O–H groups in total. The predicted molar refractivity (Wildman–Crippen MR) is 78.1 cm³/mol. The van der Waals surface area contributed by atoms with Gasteiger partial charge in [-0.1, -0.05) is 13.0 Å². The van der Waals surface area contributed by atoms with Crippen molar-refractivity contribution in [1.29, 1.82) is 0 Å². The molecule has 0 spiro atoms. The van der Waals surface area contributed by atoms with Gasteiger partial charge in [0.05, 0.1) is 19.7 Å². The van der Waals surface area contributed by atoms with Gasteiger partial charge in [-0.15, -0.1) is 0 Å². The van der Waals surface area contributed by atoms with E-state index in [9.17, 15) is 9.59 Å². The van der Waals surface area contributed by atoms with E-state index >= 15 is 0 Å². The second-order valence-corrected chi connectivity index (χ2v) is 4.83. The molecule has 1 amide bonds. The Bertz CT molecular complexity index is 366. The lowest BCUT2D eigenvalue weighted by Gasteiger charge is -2.26. The number of esters is 1. The summed E-state index contributed by atoms with van der Waals surface area (Å²) in [7, 11) is 0. The number of carbonyl (C=O) groups is 2. The zero-order valence-electron chi connectivity index (χ0n) is 12.9. The maximum Gasteiger partial charge on any atom is 0.320 e. The Hall–Kier alpha value is -1.36. The summed E-state index contributed by atoms with van der Waals surface area (Å²) < 4.78 is 4.93. The topological polar surface area (TPSA) is 49.9 Å². The van der Waals surface area contributed by atoms with Crippen LogP contribution in [0.2, 0.25) is 0 Å². The summed E-state index contributed by atoms with van der Waals surface area (Å²) in [6.45, 7) is 7.86. The van der Waals surface area contributed by atoms with Gasteiger partial charge in [0.1, 0.15) is 0 Å². The van der Waals surface area contributed by atoms with E-state index in [0.717, 1.165) is 25.0 Å². The molecule has 5 heteroatoms. The lowest BCUT2D eigenvalue weighted by atomic mass is 10.3. The van der Waals surface area contributed by atoms with Crippen LogP contribution in [0.15, 0.2) is 11.8 Å². The molecule has 1 rings (SSSR count). The van der Waals surface area contributed by atoms with Crippen LogP contribution in [0.25, 0.3) is 0 Å². The molecule has 5 nitrogen and oxygen atoms in total. The molecule has 0 unspecified atom stereocenters. The van der Waals surface area contributed by atoms with Crippen LogP contribution in [-0.4, -0.2) is 54.5 Å². The first kappa shape index (κ1) is 16.7. The quantitative estimate of drug-likeness (QED) is 0.637. The molecule has 1 aliphatic carbocycles. The van der Waals surface area contributed by atoms with Crippen LogP contribution in [-0.2, 0) is 14.3 Å². The molecule has 0 heterocycles. The molecule has 0 aliphatic heterocycles. The molecule has 20 heavy (non-hydrogen) atoms. The average Bonchev–Trinajstić information content (AvgIpc) is 2.93. The monoisotopic (exact) mass is 282 g/mol. The molecule has 0 aromatic heterocycles. The van der Waals surface area contributed by atoms with Crippen LogP contribution in [0.3, 0.4) is 0 Å². The van der Waals surface area contributed by atoms with E-state index < -0.39 is 0 Å². The smallest absolute Gasteiger partial charge is 0.320 e. The van der Waals surface area contributed by atoms with Gasteiger partial charge in [0, 0.05) is 12.2 Å². The summed E-state index contributed by atoms with van der Waals surface area (Å²) in [6, 6.07) is 0.